The van der Waals surface area contributed by atoms with Gasteiger partial charge in [0.15, 0.2) is 6.29 Å². The van der Waals surface area contributed by atoms with Gasteiger partial charge in [-0.25, -0.2) is 0 Å². The zero-order valence-corrected chi connectivity index (χ0v) is 16.2. The first-order valence-electron chi connectivity index (χ1n) is 14.0. The van der Waals surface area contributed by atoms with Crippen molar-refractivity contribution in [2.24, 2.45) is 0 Å². The Balaban J connectivity index is 2.12. The molecule has 25 heavy (non-hydrogen) atoms. The number of ether oxygens (including phenoxy) is 2. The van der Waals surface area contributed by atoms with E-state index in [0.29, 0.717) is 25.9 Å². The van der Waals surface area contributed by atoms with E-state index < -0.39 is 19.1 Å². The topological polar surface area (TPSA) is 18.5 Å². The van der Waals surface area contributed by atoms with Gasteiger partial charge in [-0.1, -0.05) is 76.7 Å². The maximum Gasteiger partial charge on any atom is 0.157 e. The van der Waals surface area contributed by atoms with Gasteiger partial charge in [0.05, 0.1) is 0 Å². The van der Waals surface area contributed by atoms with E-state index in [1.807, 2.05) is 19.1 Å². The molecule has 1 fully saturated rings. The number of rotatable bonds is 17. The number of hydrogen-bond acceptors (Lipinski definition) is 2. The van der Waals surface area contributed by atoms with Gasteiger partial charge >= 0.3 is 0 Å². The summed E-state index contributed by atoms with van der Waals surface area (Å²) in [6.07, 6.45) is 6.53. The molecular weight excluding hydrogens is 308 g/mol. The Morgan fingerprint density at radius 1 is 0.920 bits per heavy atom. The monoisotopic (exact) mass is 359 g/mol. The fraction of sp³-hybridized carbons (Fsp3) is 0.913. The van der Waals surface area contributed by atoms with Crippen molar-refractivity contribution in [1.82, 2.24) is 0 Å². The molecular formula is C23H44O2. The van der Waals surface area contributed by atoms with E-state index in [-0.39, 0.29) is 31.9 Å². The third-order valence-electron chi connectivity index (χ3n) is 4.13. The molecule has 0 aromatic heterocycles. The van der Waals surface area contributed by atoms with Crippen LogP contribution in [0, 0.1) is 0 Å². The van der Waals surface area contributed by atoms with Gasteiger partial charge in [-0.05, 0) is 51.3 Å². The van der Waals surface area contributed by atoms with Crippen molar-refractivity contribution in [1.29, 1.82) is 0 Å². The second kappa shape index (κ2) is 18.5. The average molecular weight is 360 g/mol. The van der Waals surface area contributed by atoms with Crippen molar-refractivity contribution in [3.05, 3.63) is 12.2 Å². The molecule has 0 bridgehead atoms. The van der Waals surface area contributed by atoms with E-state index >= 15 is 0 Å². The van der Waals surface area contributed by atoms with Gasteiger partial charge in [0.25, 0.3) is 0 Å². The highest BCUT2D eigenvalue weighted by Crippen LogP contribution is 2.15. The summed E-state index contributed by atoms with van der Waals surface area (Å²) in [4.78, 5) is 0. The summed E-state index contributed by atoms with van der Waals surface area (Å²) >= 11 is 0. The van der Waals surface area contributed by atoms with Gasteiger partial charge in [-0.2, -0.15) is 0 Å². The van der Waals surface area contributed by atoms with Crippen molar-refractivity contribution in [2.45, 2.75) is 122 Å². The molecule has 4 unspecified atom stereocenters. The van der Waals surface area contributed by atoms with Crippen LogP contribution in [0.5, 0.6) is 0 Å². The maximum atomic E-state index is 8.13. The minimum Gasteiger partial charge on any atom is -0.353 e. The Bertz CT molecular complexity index is 511. The zero-order chi connectivity index (χ0) is 24.0. The first-order chi connectivity index (χ1) is 15.1. The predicted octanol–water partition coefficient (Wildman–Crippen LogP) is 7.57. The van der Waals surface area contributed by atoms with Crippen LogP contribution in [0.3, 0.4) is 0 Å². The second-order valence-electron chi connectivity index (χ2n) is 6.54. The van der Waals surface area contributed by atoms with Crippen molar-refractivity contribution < 1.29 is 19.1 Å². The van der Waals surface area contributed by atoms with Crippen molar-refractivity contribution in [2.75, 3.05) is 13.2 Å². The highest BCUT2D eigenvalue weighted by Gasteiger charge is 2.13. The van der Waals surface area contributed by atoms with E-state index in [2.05, 4.69) is 0 Å². The van der Waals surface area contributed by atoms with Gasteiger partial charge < -0.3 is 9.47 Å². The largest absolute Gasteiger partial charge is 0.353 e. The second-order valence-corrected chi connectivity index (χ2v) is 6.54. The Morgan fingerprint density at radius 3 is 2.52 bits per heavy atom. The summed E-state index contributed by atoms with van der Waals surface area (Å²) in [7, 11) is 0. The lowest BCUT2D eigenvalue weighted by Gasteiger charge is -2.22. The summed E-state index contributed by atoms with van der Waals surface area (Å²) in [5, 5.41) is 0. The highest BCUT2D eigenvalue weighted by atomic mass is 16.7. The molecule has 1 aliphatic heterocycles. The molecule has 0 radical (unpaired) electrons. The van der Waals surface area contributed by atoms with Gasteiger partial charge in [-0.3, -0.25) is 0 Å². The molecule has 1 aliphatic rings. The van der Waals surface area contributed by atoms with Crippen LogP contribution in [0.1, 0.15) is 126 Å². The molecule has 0 aromatic carbocycles. The predicted molar refractivity (Wildman–Crippen MR) is 109 cm³/mol. The number of hydrogen-bond donors (Lipinski definition) is 0. The van der Waals surface area contributed by atoms with Crippen molar-refractivity contribution >= 4 is 0 Å². The normalized spacial score (nSPS) is 27.2. The molecule has 0 amide bonds. The molecule has 1 saturated heterocycles. The third-order valence-corrected chi connectivity index (χ3v) is 4.13. The van der Waals surface area contributed by atoms with E-state index in [9.17, 15) is 0 Å². The quantitative estimate of drug-likeness (QED) is 0.197. The fourth-order valence-corrected chi connectivity index (χ4v) is 2.63. The van der Waals surface area contributed by atoms with Crippen LogP contribution in [-0.2, 0) is 9.47 Å². The van der Waals surface area contributed by atoms with Crippen LogP contribution in [0.15, 0.2) is 12.2 Å². The molecule has 148 valence electrons. The van der Waals surface area contributed by atoms with Crippen molar-refractivity contribution in [3.8, 4) is 0 Å². The standard InChI is InChI=1S/C23H44O2/c1-2-3-4-5-6-7-8-9-10-11-12-13-14-15-16-18-21-24-23-20-17-19-22-25-23/h9-10,23H,2-8,11-22H2,1H3/b10-9-/i4D2,5D,6D2,12D,18D. The van der Waals surface area contributed by atoms with Crippen molar-refractivity contribution in [3.63, 3.8) is 0 Å². The Labute approximate surface area is 167 Å². The maximum absolute atomic E-state index is 8.13. The van der Waals surface area contributed by atoms with E-state index in [1.54, 1.807) is 0 Å². The highest BCUT2D eigenvalue weighted by molar-refractivity contribution is 4.81. The average Bonchev–Trinajstić information content (AvgIpc) is 2.75. The molecule has 1 rings (SSSR count). The van der Waals surface area contributed by atoms with Crippen LogP contribution >= 0.6 is 0 Å². The first-order valence-corrected chi connectivity index (χ1v) is 10.2. The van der Waals surface area contributed by atoms with E-state index in [0.717, 1.165) is 51.6 Å². The summed E-state index contributed by atoms with van der Waals surface area (Å²) in [5.74, 6) is 0. The summed E-state index contributed by atoms with van der Waals surface area (Å²) in [6, 6.07) is 0. The summed E-state index contributed by atoms with van der Waals surface area (Å²) < 4.78 is 67.3. The number of allylic oxidation sites excluding steroid dienone is 2. The molecule has 0 saturated carbocycles. The first kappa shape index (κ1) is 13.8. The lowest BCUT2D eigenvalue weighted by molar-refractivity contribution is -0.162. The lowest BCUT2D eigenvalue weighted by atomic mass is 10.1. The van der Waals surface area contributed by atoms with Crippen LogP contribution in [-0.4, -0.2) is 19.5 Å². The van der Waals surface area contributed by atoms with E-state index in [4.69, 9.17) is 19.1 Å². The summed E-state index contributed by atoms with van der Waals surface area (Å²) in [6.45, 7) is 3.00. The number of unbranched alkanes of at least 4 members (excludes halogenated alkanes) is 1. The van der Waals surface area contributed by atoms with Crippen LogP contribution in [0.4, 0.5) is 0 Å². The lowest BCUT2D eigenvalue weighted by Crippen LogP contribution is -2.22. The molecule has 2 nitrogen and oxygen atoms in total. The Kier molecular flexibility index (Phi) is 10.2. The molecule has 0 spiro atoms. The third kappa shape index (κ3) is 15.6. The Morgan fingerprint density at radius 2 is 1.72 bits per heavy atom. The molecule has 0 aliphatic carbocycles. The van der Waals surface area contributed by atoms with Crippen LogP contribution in [0.2, 0.25) is 0 Å². The minimum atomic E-state index is -1.87. The van der Waals surface area contributed by atoms with Gasteiger partial charge in [0.2, 0.25) is 0 Å². The SMILES string of the molecule is [2H]C(C/C=C\CCC([2H])([2H])C([2H])C([2H])([2H])CCC)CCCCC([2H])COC1CCCCO1. The van der Waals surface area contributed by atoms with Gasteiger partial charge in [0, 0.05) is 22.8 Å². The van der Waals surface area contributed by atoms with Gasteiger partial charge in [0.1, 0.15) is 0 Å². The Hall–Kier alpha value is -0.340. The summed E-state index contributed by atoms with van der Waals surface area (Å²) in [5.41, 5.74) is 0. The van der Waals surface area contributed by atoms with Crippen LogP contribution in [0.25, 0.3) is 0 Å². The molecule has 1 heterocycles. The van der Waals surface area contributed by atoms with Crippen LogP contribution < -0.4 is 0 Å². The minimum absolute atomic E-state index is 0.114. The molecule has 0 aromatic rings. The molecule has 2 heteroatoms. The van der Waals surface area contributed by atoms with E-state index in [1.165, 1.54) is 0 Å². The fourth-order valence-electron chi connectivity index (χ4n) is 2.63. The molecule has 4 atom stereocenters. The van der Waals surface area contributed by atoms with Gasteiger partial charge in [-0.15, -0.1) is 0 Å². The zero-order valence-electron chi connectivity index (χ0n) is 23.2. The molecule has 0 N–H and O–H groups in total. The smallest absolute Gasteiger partial charge is 0.157 e.